The molecule has 0 saturated carbocycles. The van der Waals surface area contributed by atoms with Crippen LogP contribution in [0, 0.1) is 0 Å². The third-order valence-electron chi connectivity index (χ3n) is 3.34. The number of benzene rings is 1. The van der Waals surface area contributed by atoms with Crippen LogP contribution in [0.2, 0.25) is 0 Å². The number of aromatic nitrogens is 2. The second kappa shape index (κ2) is 5.71. The smallest absolute Gasteiger partial charge is 0.254 e. The molecule has 0 atom stereocenters. The third kappa shape index (κ3) is 2.89. The summed E-state index contributed by atoms with van der Waals surface area (Å²) in [6, 6.07) is 13.5. The molecule has 4 heteroatoms. The number of hydrogen-bond donors (Lipinski definition) is 0. The van der Waals surface area contributed by atoms with Gasteiger partial charge in [-0.05, 0) is 29.8 Å². The maximum Gasteiger partial charge on any atom is 0.254 e. The molecule has 3 aromatic rings. The predicted octanol–water partition coefficient (Wildman–Crippen LogP) is 2.90. The lowest BCUT2D eigenvalue weighted by Crippen LogP contribution is -2.26. The van der Waals surface area contributed by atoms with Crippen LogP contribution in [0.4, 0.5) is 0 Å². The van der Waals surface area contributed by atoms with E-state index < -0.39 is 0 Å². The summed E-state index contributed by atoms with van der Waals surface area (Å²) in [4.78, 5) is 22.3. The fourth-order valence-electron chi connectivity index (χ4n) is 2.26. The summed E-state index contributed by atoms with van der Waals surface area (Å²) in [7, 11) is 1.79. The summed E-state index contributed by atoms with van der Waals surface area (Å²) in [6.45, 7) is 0.527. The zero-order valence-corrected chi connectivity index (χ0v) is 11.7. The molecule has 0 saturated heterocycles. The number of fused-ring (bicyclic) bond motifs is 1. The molecule has 4 nitrogen and oxygen atoms in total. The lowest BCUT2D eigenvalue weighted by molar-refractivity contribution is 0.0785. The molecule has 1 aromatic carbocycles. The predicted molar refractivity (Wildman–Crippen MR) is 81.8 cm³/mol. The van der Waals surface area contributed by atoms with E-state index in [4.69, 9.17) is 0 Å². The monoisotopic (exact) mass is 277 g/mol. The van der Waals surface area contributed by atoms with E-state index >= 15 is 0 Å². The first-order valence-electron chi connectivity index (χ1n) is 6.73. The van der Waals surface area contributed by atoms with Crippen molar-refractivity contribution in [3.05, 3.63) is 72.2 Å². The molecule has 0 aliphatic rings. The van der Waals surface area contributed by atoms with Crippen LogP contribution in [0.15, 0.2) is 61.1 Å². The fraction of sp³-hybridized carbons (Fsp3) is 0.118. The molecule has 0 N–H and O–H groups in total. The zero-order chi connectivity index (χ0) is 14.7. The van der Waals surface area contributed by atoms with Crippen molar-refractivity contribution in [1.82, 2.24) is 14.9 Å². The van der Waals surface area contributed by atoms with Gasteiger partial charge in [-0.25, -0.2) is 0 Å². The molecule has 0 aliphatic heterocycles. The van der Waals surface area contributed by atoms with E-state index in [1.165, 1.54) is 0 Å². The molecule has 0 unspecified atom stereocenters. The standard InChI is InChI=1S/C17H15N3O/c1-20(17(21)14-6-8-18-9-7-14)12-13-10-15-4-2-3-5-16(15)19-11-13/h2-11H,12H2,1H3. The van der Waals surface area contributed by atoms with Gasteiger partial charge >= 0.3 is 0 Å². The molecule has 104 valence electrons. The summed E-state index contributed by atoms with van der Waals surface area (Å²) < 4.78 is 0. The van der Waals surface area contributed by atoms with Crippen molar-refractivity contribution < 1.29 is 4.79 Å². The molecule has 3 rings (SSSR count). The van der Waals surface area contributed by atoms with Crippen LogP contribution in [0.3, 0.4) is 0 Å². The number of carbonyl (C=O) groups excluding carboxylic acids is 1. The van der Waals surface area contributed by atoms with Gasteiger partial charge in [-0.2, -0.15) is 0 Å². The van der Waals surface area contributed by atoms with Crippen molar-refractivity contribution in [2.45, 2.75) is 6.54 Å². The Labute approximate surface area is 123 Å². The molecule has 0 aliphatic carbocycles. The Balaban J connectivity index is 1.80. The van der Waals surface area contributed by atoms with Gasteiger partial charge in [0.2, 0.25) is 0 Å². The Kier molecular flexibility index (Phi) is 3.60. The highest BCUT2D eigenvalue weighted by molar-refractivity contribution is 5.93. The molecule has 1 amide bonds. The van der Waals surface area contributed by atoms with E-state index in [2.05, 4.69) is 16.0 Å². The molecule has 21 heavy (non-hydrogen) atoms. The van der Waals surface area contributed by atoms with Crippen LogP contribution >= 0.6 is 0 Å². The van der Waals surface area contributed by atoms with Crippen molar-refractivity contribution in [3.8, 4) is 0 Å². The number of pyridine rings is 2. The fourth-order valence-corrected chi connectivity index (χ4v) is 2.26. The Bertz CT molecular complexity index is 771. The topological polar surface area (TPSA) is 46.1 Å². The number of para-hydroxylation sites is 1. The van der Waals surface area contributed by atoms with Gasteiger partial charge in [0.25, 0.3) is 5.91 Å². The van der Waals surface area contributed by atoms with Crippen LogP contribution in [-0.4, -0.2) is 27.8 Å². The number of hydrogen-bond acceptors (Lipinski definition) is 3. The maximum atomic E-state index is 12.3. The van der Waals surface area contributed by atoms with Gasteiger partial charge in [0.1, 0.15) is 0 Å². The minimum Gasteiger partial charge on any atom is -0.337 e. The first-order valence-corrected chi connectivity index (χ1v) is 6.73. The molecule has 2 aromatic heterocycles. The highest BCUT2D eigenvalue weighted by Crippen LogP contribution is 2.14. The molecule has 0 fully saturated rings. The van der Waals surface area contributed by atoms with E-state index in [-0.39, 0.29) is 5.91 Å². The second-order valence-corrected chi connectivity index (χ2v) is 4.93. The molecule has 2 heterocycles. The summed E-state index contributed by atoms with van der Waals surface area (Å²) in [6.07, 6.45) is 5.07. The van der Waals surface area contributed by atoms with Gasteiger partial charge in [0.15, 0.2) is 0 Å². The molecular weight excluding hydrogens is 262 g/mol. The van der Waals surface area contributed by atoms with Gasteiger partial charge in [0.05, 0.1) is 5.52 Å². The van der Waals surface area contributed by atoms with Gasteiger partial charge in [-0.3, -0.25) is 14.8 Å². The average molecular weight is 277 g/mol. The zero-order valence-electron chi connectivity index (χ0n) is 11.7. The highest BCUT2D eigenvalue weighted by Gasteiger charge is 2.12. The van der Waals surface area contributed by atoms with E-state index in [0.717, 1.165) is 16.5 Å². The number of carbonyl (C=O) groups is 1. The van der Waals surface area contributed by atoms with E-state index in [1.54, 1.807) is 36.5 Å². The van der Waals surface area contributed by atoms with Crippen molar-refractivity contribution in [2.75, 3.05) is 7.05 Å². The lowest BCUT2D eigenvalue weighted by Gasteiger charge is -2.17. The number of nitrogens with zero attached hydrogens (tertiary/aromatic N) is 3. The first-order chi connectivity index (χ1) is 10.2. The van der Waals surface area contributed by atoms with Crippen LogP contribution in [-0.2, 0) is 6.54 Å². The second-order valence-electron chi connectivity index (χ2n) is 4.93. The van der Waals surface area contributed by atoms with Crippen molar-refractivity contribution >= 4 is 16.8 Å². The summed E-state index contributed by atoms with van der Waals surface area (Å²) in [5, 5.41) is 1.08. The van der Waals surface area contributed by atoms with Crippen LogP contribution in [0.25, 0.3) is 10.9 Å². The van der Waals surface area contributed by atoms with Crippen molar-refractivity contribution in [3.63, 3.8) is 0 Å². The Hall–Kier alpha value is -2.75. The van der Waals surface area contributed by atoms with Crippen LogP contribution in [0.5, 0.6) is 0 Å². The molecule has 0 radical (unpaired) electrons. The van der Waals surface area contributed by atoms with E-state index in [1.807, 2.05) is 30.5 Å². The third-order valence-corrected chi connectivity index (χ3v) is 3.34. The van der Waals surface area contributed by atoms with Gasteiger partial charge in [-0.1, -0.05) is 18.2 Å². The first kappa shape index (κ1) is 13.2. The van der Waals surface area contributed by atoms with E-state index in [0.29, 0.717) is 12.1 Å². The Morgan fingerprint density at radius 1 is 1.14 bits per heavy atom. The lowest BCUT2D eigenvalue weighted by atomic mass is 10.1. The number of amides is 1. The van der Waals surface area contributed by atoms with Gasteiger partial charge in [-0.15, -0.1) is 0 Å². The number of rotatable bonds is 3. The summed E-state index contributed by atoms with van der Waals surface area (Å²) in [5.41, 5.74) is 2.62. The average Bonchev–Trinajstić information content (AvgIpc) is 2.55. The SMILES string of the molecule is CN(Cc1cnc2ccccc2c1)C(=O)c1ccncc1. The quantitative estimate of drug-likeness (QED) is 0.739. The molecule has 0 bridgehead atoms. The molecule has 0 spiro atoms. The summed E-state index contributed by atoms with van der Waals surface area (Å²) in [5.74, 6) is -0.0226. The highest BCUT2D eigenvalue weighted by atomic mass is 16.2. The van der Waals surface area contributed by atoms with Crippen molar-refractivity contribution in [1.29, 1.82) is 0 Å². The normalized spacial score (nSPS) is 10.5. The van der Waals surface area contributed by atoms with Crippen LogP contribution in [0.1, 0.15) is 15.9 Å². The largest absolute Gasteiger partial charge is 0.337 e. The Morgan fingerprint density at radius 3 is 2.71 bits per heavy atom. The van der Waals surface area contributed by atoms with Crippen molar-refractivity contribution in [2.24, 2.45) is 0 Å². The summed E-state index contributed by atoms with van der Waals surface area (Å²) >= 11 is 0. The minimum absolute atomic E-state index is 0.0226. The van der Waals surface area contributed by atoms with E-state index in [9.17, 15) is 4.79 Å². The van der Waals surface area contributed by atoms with Gasteiger partial charge in [0, 0.05) is 43.1 Å². The Morgan fingerprint density at radius 2 is 1.90 bits per heavy atom. The van der Waals surface area contributed by atoms with Gasteiger partial charge < -0.3 is 4.90 Å². The molecular formula is C17H15N3O. The maximum absolute atomic E-state index is 12.3. The van der Waals surface area contributed by atoms with Crippen LogP contribution < -0.4 is 0 Å². The minimum atomic E-state index is -0.0226.